The van der Waals surface area contributed by atoms with Crippen molar-refractivity contribution in [2.75, 3.05) is 19.8 Å². The molecule has 51 heavy (non-hydrogen) atoms. The summed E-state index contributed by atoms with van der Waals surface area (Å²) in [6.45, 7) is 5.02. The highest BCUT2D eigenvalue weighted by atomic mass is 16.6. The maximum absolute atomic E-state index is 12.2. The molecule has 0 bridgehead atoms. The molecule has 4 nitrogen and oxygen atoms in total. The number of ether oxygens (including phenoxy) is 2. The highest BCUT2D eigenvalue weighted by Gasteiger charge is 2.13. The molecule has 0 aliphatic rings. The third-order valence-corrected chi connectivity index (χ3v) is 8.08. The molecule has 0 fully saturated rings. The quantitative estimate of drug-likeness (QED) is 0.0401. The van der Waals surface area contributed by atoms with E-state index in [4.69, 9.17) is 9.47 Å². The van der Waals surface area contributed by atoms with Gasteiger partial charge < -0.3 is 14.6 Å². The number of esters is 1. The van der Waals surface area contributed by atoms with Gasteiger partial charge in [-0.05, 0) is 96.3 Å². The van der Waals surface area contributed by atoms with E-state index in [1.807, 2.05) is 0 Å². The number of hydrogen-bond donors (Lipinski definition) is 1. The van der Waals surface area contributed by atoms with Crippen LogP contribution in [-0.2, 0) is 14.3 Å². The summed E-state index contributed by atoms with van der Waals surface area (Å²) < 4.78 is 11.1. The number of rotatable bonds is 36. The van der Waals surface area contributed by atoms with Gasteiger partial charge in [-0.15, -0.1) is 0 Å². The standard InChI is InChI=1S/C47H76O4/c1-3-5-7-9-11-13-15-17-19-21-23-25-27-29-31-33-35-37-39-41-43-50-45-46(44-48)51-47(49)42-40-38-36-34-32-30-28-26-24-22-20-18-16-14-12-10-8-6-4-2/h5,7,11-14,17-20,23-26,29,31,35,37,46,48H,3-4,6,8-10,15-16,21-22,27-28,30,32-34,36,38-45H2,1-2H3/b7-5-,13-11-,14-12-,19-17-,20-18-,25-23-,26-24-,31-29-,37-35-. The Morgan fingerprint density at radius 3 is 1.33 bits per heavy atom. The first-order chi connectivity index (χ1) is 25.2. The van der Waals surface area contributed by atoms with Crippen molar-refractivity contribution < 1.29 is 19.4 Å². The van der Waals surface area contributed by atoms with Crippen molar-refractivity contribution in [1.29, 1.82) is 0 Å². The molecule has 288 valence electrons. The molecule has 0 aromatic rings. The molecule has 0 radical (unpaired) electrons. The largest absolute Gasteiger partial charge is 0.457 e. The van der Waals surface area contributed by atoms with Gasteiger partial charge in [-0.1, -0.05) is 162 Å². The number of allylic oxidation sites excluding steroid dienone is 18. The van der Waals surface area contributed by atoms with Crippen molar-refractivity contribution in [1.82, 2.24) is 0 Å². The van der Waals surface area contributed by atoms with Crippen molar-refractivity contribution in [3.05, 3.63) is 109 Å². The van der Waals surface area contributed by atoms with Crippen LogP contribution in [0.2, 0.25) is 0 Å². The van der Waals surface area contributed by atoms with Crippen LogP contribution in [0.15, 0.2) is 109 Å². The molecule has 0 aromatic carbocycles. The highest BCUT2D eigenvalue weighted by Crippen LogP contribution is 2.10. The number of unbranched alkanes of at least 4 members (excludes halogenated alkanes) is 10. The zero-order valence-corrected chi connectivity index (χ0v) is 32.8. The molecule has 0 saturated heterocycles. The van der Waals surface area contributed by atoms with Gasteiger partial charge in [0.05, 0.1) is 13.2 Å². The first kappa shape index (κ1) is 48.0. The Morgan fingerprint density at radius 1 is 0.490 bits per heavy atom. The third kappa shape index (κ3) is 41.4. The van der Waals surface area contributed by atoms with Gasteiger partial charge in [0.1, 0.15) is 6.10 Å². The monoisotopic (exact) mass is 705 g/mol. The fourth-order valence-corrected chi connectivity index (χ4v) is 5.06. The zero-order chi connectivity index (χ0) is 37.0. The van der Waals surface area contributed by atoms with Crippen LogP contribution in [0.4, 0.5) is 0 Å². The number of carbonyl (C=O) groups is 1. The van der Waals surface area contributed by atoms with Crippen LogP contribution < -0.4 is 0 Å². The molecule has 0 amide bonds. The second-order valence-electron chi connectivity index (χ2n) is 13.0. The topological polar surface area (TPSA) is 55.8 Å². The van der Waals surface area contributed by atoms with Crippen LogP contribution in [0, 0.1) is 0 Å². The van der Waals surface area contributed by atoms with E-state index in [2.05, 4.69) is 123 Å². The number of hydrogen-bond acceptors (Lipinski definition) is 4. The van der Waals surface area contributed by atoms with Crippen LogP contribution >= 0.6 is 0 Å². The lowest BCUT2D eigenvalue weighted by Crippen LogP contribution is -2.27. The maximum atomic E-state index is 12.2. The Bertz CT molecular complexity index is 1010. The summed E-state index contributed by atoms with van der Waals surface area (Å²) in [4.78, 5) is 12.2. The van der Waals surface area contributed by atoms with Gasteiger partial charge in [0.2, 0.25) is 0 Å². The van der Waals surface area contributed by atoms with Gasteiger partial charge in [-0.25, -0.2) is 0 Å². The minimum atomic E-state index is -0.580. The predicted octanol–water partition coefficient (Wildman–Crippen LogP) is 13.5. The molecular weight excluding hydrogens is 629 g/mol. The van der Waals surface area contributed by atoms with Crippen LogP contribution in [-0.4, -0.2) is 37.0 Å². The van der Waals surface area contributed by atoms with E-state index < -0.39 is 6.10 Å². The first-order valence-corrected chi connectivity index (χ1v) is 20.5. The summed E-state index contributed by atoms with van der Waals surface area (Å²) in [6.07, 6.45) is 62.9. The second-order valence-corrected chi connectivity index (χ2v) is 13.0. The van der Waals surface area contributed by atoms with Crippen molar-refractivity contribution in [3.8, 4) is 0 Å². The van der Waals surface area contributed by atoms with Crippen LogP contribution in [0.1, 0.15) is 155 Å². The molecular formula is C47H76O4. The molecule has 0 aliphatic carbocycles. The molecule has 0 aliphatic heterocycles. The highest BCUT2D eigenvalue weighted by molar-refractivity contribution is 5.69. The normalized spacial score (nSPS) is 13.5. The van der Waals surface area contributed by atoms with Gasteiger partial charge in [-0.2, -0.15) is 0 Å². The smallest absolute Gasteiger partial charge is 0.306 e. The van der Waals surface area contributed by atoms with Gasteiger partial charge in [0.25, 0.3) is 0 Å². The van der Waals surface area contributed by atoms with Crippen LogP contribution in [0.3, 0.4) is 0 Å². The number of aliphatic hydroxyl groups is 1. The van der Waals surface area contributed by atoms with Crippen molar-refractivity contribution in [2.45, 2.75) is 161 Å². The lowest BCUT2D eigenvalue weighted by molar-refractivity contribution is -0.154. The zero-order valence-electron chi connectivity index (χ0n) is 32.8. The maximum Gasteiger partial charge on any atom is 0.306 e. The van der Waals surface area contributed by atoms with Crippen molar-refractivity contribution in [3.63, 3.8) is 0 Å². The summed E-state index contributed by atoms with van der Waals surface area (Å²) in [5.41, 5.74) is 0. The second kappa shape index (κ2) is 43.2. The minimum absolute atomic E-state index is 0.208. The predicted molar refractivity (Wildman–Crippen MR) is 223 cm³/mol. The summed E-state index contributed by atoms with van der Waals surface area (Å²) in [6, 6.07) is 0. The fourth-order valence-electron chi connectivity index (χ4n) is 5.06. The van der Waals surface area contributed by atoms with Gasteiger partial charge >= 0.3 is 5.97 Å². The van der Waals surface area contributed by atoms with Gasteiger partial charge in [-0.3, -0.25) is 4.79 Å². The van der Waals surface area contributed by atoms with E-state index in [0.717, 1.165) is 89.9 Å². The van der Waals surface area contributed by atoms with E-state index >= 15 is 0 Å². The van der Waals surface area contributed by atoms with Crippen LogP contribution in [0.5, 0.6) is 0 Å². The molecule has 0 rings (SSSR count). The summed E-state index contributed by atoms with van der Waals surface area (Å²) >= 11 is 0. The summed E-state index contributed by atoms with van der Waals surface area (Å²) in [5.74, 6) is -0.238. The third-order valence-electron chi connectivity index (χ3n) is 8.08. The molecule has 1 N–H and O–H groups in total. The van der Waals surface area contributed by atoms with E-state index in [-0.39, 0.29) is 19.2 Å². The Kier molecular flexibility index (Phi) is 40.7. The Labute approximate surface area is 315 Å². The Morgan fingerprint density at radius 2 is 0.882 bits per heavy atom. The number of carbonyl (C=O) groups excluding carboxylic acids is 1. The Balaban J connectivity index is 3.63. The van der Waals surface area contributed by atoms with Crippen molar-refractivity contribution in [2.24, 2.45) is 0 Å². The van der Waals surface area contributed by atoms with Crippen molar-refractivity contribution >= 4 is 5.97 Å². The average molecular weight is 705 g/mol. The lowest BCUT2D eigenvalue weighted by atomic mass is 10.1. The summed E-state index contributed by atoms with van der Waals surface area (Å²) in [5, 5.41) is 9.58. The van der Waals surface area contributed by atoms with E-state index in [1.54, 1.807) is 0 Å². The SMILES string of the molecule is CC/C=C\C/C=C\C/C=C\C/C=C\C/C=C\C/C=C\CCCOCC(CO)OC(=O)CCCCCCCC/C=C\C/C=C\C/C=C\CCCCC. The molecule has 4 heteroatoms. The van der Waals surface area contributed by atoms with Crippen LogP contribution in [0.25, 0.3) is 0 Å². The lowest BCUT2D eigenvalue weighted by Gasteiger charge is -2.15. The molecule has 0 spiro atoms. The molecule has 0 aromatic heterocycles. The first-order valence-electron chi connectivity index (χ1n) is 20.5. The van der Waals surface area contributed by atoms with Gasteiger partial charge in [0, 0.05) is 13.0 Å². The van der Waals surface area contributed by atoms with E-state index in [0.29, 0.717) is 13.0 Å². The molecule has 1 atom stereocenters. The Hall–Kier alpha value is -2.95. The fraction of sp³-hybridized carbons (Fsp3) is 0.596. The van der Waals surface area contributed by atoms with E-state index in [9.17, 15) is 9.90 Å². The molecule has 1 unspecified atom stereocenters. The van der Waals surface area contributed by atoms with E-state index in [1.165, 1.54) is 44.9 Å². The van der Waals surface area contributed by atoms with Gasteiger partial charge in [0.15, 0.2) is 0 Å². The minimum Gasteiger partial charge on any atom is -0.457 e. The number of aliphatic hydroxyl groups excluding tert-OH is 1. The average Bonchev–Trinajstić information content (AvgIpc) is 3.14. The molecule has 0 heterocycles. The summed E-state index contributed by atoms with van der Waals surface area (Å²) in [7, 11) is 0. The molecule has 0 saturated carbocycles.